The number of piperidine rings is 1. The van der Waals surface area contributed by atoms with Crippen molar-refractivity contribution in [2.75, 3.05) is 18.0 Å². The van der Waals surface area contributed by atoms with Crippen LogP contribution in [-0.2, 0) is 12.2 Å². The zero-order valence-electron chi connectivity index (χ0n) is 15.4. The summed E-state index contributed by atoms with van der Waals surface area (Å²) in [4.78, 5) is 6.92. The third-order valence-electron chi connectivity index (χ3n) is 4.83. The Hall–Kier alpha value is -2.54. The van der Waals surface area contributed by atoms with E-state index in [9.17, 15) is 10.5 Å². The minimum Gasteiger partial charge on any atom is -0.355 e. The molecule has 137 valence electrons. The molecule has 1 fully saturated rings. The molecule has 3 rings (SSSR count). The number of thioether (sulfide) groups is 1. The van der Waals surface area contributed by atoms with E-state index in [1.807, 2.05) is 31.2 Å². The fourth-order valence-corrected chi connectivity index (χ4v) is 4.26. The van der Waals surface area contributed by atoms with Crippen LogP contribution in [0.5, 0.6) is 0 Å². The molecule has 2 aromatic rings. The van der Waals surface area contributed by atoms with Crippen LogP contribution in [0.25, 0.3) is 0 Å². The molecule has 2 heterocycles. The summed E-state index contributed by atoms with van der Waals surface area (Å²) >= 11 is 1.54. The molecule has 1 aromatic heterocycles. The number of nitrogens with two attached hydrogens (primary N) is 1. The smallest absolute Gasteiger partial charge is 0.148 e. The Bertz CT molecular complexity index is 874. The van der Waals surface area contributed by atoms with E-state index in [4.69, 9.17) is 10.7 Å². The molecule has 2 N–H and O–H groups in total. The van der Waals surface area contributed by atoms with E-state index in [0.717, 1.165) is 42.8 Å². The molecular formula is C21H22N5S. The molecule has 0 bridgehead atoms. The molecule has 1 aromatic carbocycles. The second kappa shape index (κ2) is 8.90. The summed E-state index contributed by atoms with van der Waals surface area (Å²) in [6, 6.07) is 15.6. The molecule has 0 aliphatic carbocycles. The lowest BCUT2D eigenvalue weighted by Gasteiger charge is -2.32. The second-order valence-corrected chi connectivity index (χ2v) is 7.53. The van der Waals surface area contributed by atoms with Crippen molar-refractivity contribution in [2.24, 2.45) is 5.73 Å². The van der Waals surface area contributed by atoms with Gasteiger partial charge >= 0.3 is 0 Å². The predicted molar refractivity (Wildman–Crippen MR) is 107 cm³/mol. The summed E-state index contributed by atoms with van der Waals surface area (Å²) in [5.41, 5.74) is 9.03. The standard InChI is InChI=1S/C21H22N5S/c1-2-17-18(12-22)20(26-10-8-16(24)9-11-26)25-21(19(17)13-23)27-14-15-6-4-3-5-7-15/h4-7,16H,2,8-11,14,24H2,1H3. The van der Waals surface area contributed by atoms with Crippen molar-refractivity contribution in [3.05, 3.63) is 52.6 Å². The lowest BCUT2D eigenvalue weighted by Crippen LogP contribution is -2.40. The maximum absolute atomic E-state index is 9.77. The zero-order valence-corrected chi connectivity index (χ0v) is 16.2. The maximum Gasteiger partial charge on any atom is 0.148 e. The normalized spacial score (nSPS) is 14.6. The van der Waals surface area contributed by atoms with Crippen LogP contribution in [0.15, 0.2) is 29.3 Å². The molecule has 0 atom stereocenters. The molecule has 0 spiro atoms. The molecule has 1 aliphatic rings. The van der Waals surface area contributed by atoms with E-state index in [2.05, 4.69) is 23.1 Å². The Balaban J connectivity index is 2.00. The molecule has 0 amide bonds. The molecule has 1 saturated heterocycles. The lowest BCUT2D eigenvalue weighted by molar-refractivity contribution is 0.497. The SMILES string of the molecule is CCc1c(C#N)c(SCc2cc[c]cc2)nc(N2CCC(N)CC2)c1C#N. The number of benzene rings is 1. The number of aromatic nitrogens is 1. The van der Waals surface area contributed by atoms with E-state index >= 15 is 0 Å². The van der Waals surface area contributed by atoms with E-state index in [1.54, 1.807) is 11.8 Å². The first-order valence-electron chi connectivity index (χ1n) is 9.13. The average molecular weight is 377 g/mol. The number of hydrogen-bond acceptors (Lipinski definition) is 6. The van der Waals surface area contributed by atoms with E-state index in [1.165, 1.54) is 0 Å². The van der Waals surface area contributed by atoms with Gasteiger partial charge in [0, 0.05) is 24.9 Å². The number of nitriles is 2. The highest BCUT2D eigenvalue weighted by Gasteiger charge is 2.25. The number of pyridine rings is 1. The van der Waals surface area contributed by atoms with Gasteiger partial charge in [0.05, 0.1) is 11.1 Å². The van der Waals surface area contributed by atoms with Gasteiger partial charge in [-0.3, -0.25) is 0 Å². The third kappa shape index (κ3) is 4.24. The van der Waals surface area contributed by atoms with Crippen molar-refractivity contribution in [1.29, 1.82) is 10.5 Å². The number of nitrogens with zero attached hydrogens (tertiary/aromatic N) is 4. The van der Waals surface area contributed by atoms with E-state index in [-0.39, 0.29) is 6.04 Å². The first-order valence-corrected chi connectivity index (χ1v) is 10.1. The van der Waals surface area contributed by atoms with Gasteiger partial charge in [-0.05, 0) is 36.5 Å². The summed E-state index contributed by atoms with van der Waals surface area (Å²) in [6.07, 6.45) is 2.40. The van der Waals surface area contributed by atoms with Crippen LogP contribution < -0.4 is 10.6 Å². The monoisotopic (exact) mass is 376 g/mol. The van der Waals surface area contributed by atoms with Crippen molar-refractivity contribution < 1.29 is 0 Å². The Labute approximate surface area is 164 Å². The third-order valence-corrected chi connectivity index (χ3v) is 5.87. The maximum atomic E-state index is 9.77. The van der Waals surface area contributed by atoms with Crippen LogP contribution in [0.3, 0.4) is 0 Å². The quantitative estimate of drug-likeness (QED) is 0.804. The van der Waals surface area contributed by atoms with Crippen molar-refractivity contribution in [2.45, 2.75) is 43.0 Å². The van der Waals surface area contributed by atoms with Gasteiger partial charge in [-0.1, -0.05) is 31.2 Å². The Morgan fingerprint density at radius 3 is 2.48 bits per heavy atom. The molecule has 5 nitrogen and oxygen atoms in total. The predicted octanol–water partition coefficient (Wildman–Crippen LogP) is 3.41. The van der Waals surface area contributed by atoms with E-state index in [0.29, 0.717) is 28.4 Å². The summed E-state index contributed by atoms with van der Waals surface area (Å²) in [5.74, 6) is 1.42. The van der Waals surface area contributed by atoms with Gasteiger partial charge in [-0.15, -0.1) is 11.8 Å². The van der Waals surface area contributed by atoms with Crippen molar-refractivity contribution in [3.8, 4) is 12.1 Å². The molecule has 6 heteroatoms. The van der Waals surface area contributed by atoms with Crippen molar-refractivity contribution in [3.63, 3.8) is 0 Å². The summed E-state index contributed by atoms with van der Waals surface area (Å²) in [7, 11) is 0. The van der Waals surface area contributed by atoms with Crippen LogP contribution in [0.4, 0.5) is 5.82 Å². The van der Waals surface area contributed by atoms with Crippen molar-refractivity contribution >= 4 is 17.6 Å². The first-order chi connectivity index (χ1) is 13.2. The highest BCUT2D eigenvalue weighted by molar-refractivity contribution is 7.98. The second-order valence-electron chi connectivity index (χ2n) is 6.57. The number of rotatable bonds is 5. The summed E-state index contributed by atoms with van der Waals surface area (Å²) < 4.78 is 0. The van der Waals surface area contributed by atoms with Gasteiger partial charge in [-0.25, -0.2) is 4.98 Å². The largest absolute Gasteiger partial charge is 0.355 e. The fourth-order valence-electron chi connectivity index (χ4n) is 3.30. The number of hydrogen-bond donors (Lipinski definition) is 1. The lowest BCUT2D eigenvalue weighted by atomic mass is 10.00. The first kappa shape index (κ1) is 19.2. The van der Waals surface area contributed by atoms with Gasteiger partial charge < -0.3 is 10.6 Å². The zero-order chi connectivity index (χ0) is 19.2. The molecular weight excluding hydrogens is 354 g/mol. The molecule has 0 unspecified atom stereocenters. The average Bonchev–Trinajstić information content (AvgIpc) is 2.72. The Morgan fingerprint density at radius 1 is 1.22 bits per heavy atom. The van der Waals surface area contributed by atoms with Crippen LogP contribution in [0, 0.1) is 28.7 Å². The van der Waals surface area contributed by atoms with Crippen molar-refractivity contribution in [1.82, 2.24) is 4.98 Å². The fraction of sp³-hybridized carbons (Fsp3) is 0.381. The molecule has 27 heavy (non-hydrogen) atoms. The van der Waals surface area contributed by atoms with Crippen LogP contribution >= 0.6 is 11.8 Å². The minimum absolute atomic E-state index is 0.208. The van der Waals surface area contributed by atoms with Gasteiger partial charge in [0.2, 0.25) is 0 Å². The van der Waals surface area contributed by atoms with Gasteiger partial charge in [0.15, 0.2) is 0 Å². The van der Waals surface area contributed by atoms with Gasteiger partial charge in [-0.2, -0.15) is 10.5 Å². The minimum atomic E-state index is 0.208. The van der Waals surface area contributed by atoms with E-state index < -0.39 is 0 Å². The Kier molecular flexibility index (Phi) is 6.34. The highest BCUT2D eigenvalue weighted by Crippen LogP contribution is 2.34. The Morgan fingerprint density at radius 2 is 1.89 bits per heavy atom. The van der Waals surface area contributed by atoms with Gasteiger partial charge in [0.25, 0.3) is 0 Å². The highest BCUT2D eigenvalue weighted by atomic mass is 32.2. The van der Waals surface area contributed by atoms with Gasteiger partial charge in [0.1, 0.15) is 23.0 Å². The summed E-state index contributed by atoms with van der Waals surface area (Å²) in [6.45, 7) is 3.56. The topological polar surface area (TPSA) is 89.7 Å². The summed E-state index contributed by atoms with van der Waals surface area (Å²) in [5, 5.41) is 20.2. The molecule has 1 radical (unpaired) electrons. The van der Waals surface area contributed by atoms with Crippen LogP contribution in [0.2, 0.25) is 0 Å². The number of anilines is 1. The molecule has 0 saturated carbocycles. The molecule has 1 aliphatic heterocycles. The van der Waals surface area contributed by atoms with Crippen LogP contribution in [-0.4, -0.2) is 24.1 Å². The van der Waals surface area contributed by atoms with Crippen LogP contribution in [0.1, 0.15) is 42.0 Å².